The number of thiazole rings is 1. The smallest absolute Gasteiger partial charge is 0.0900 e. The maximum absolute atomic E-state index is 6.41. The van der Waals surface area contributed by atoms with Crippen molar-refractivity contribution in [2.45, 2.75) is 25.6 Å². The Hall–Kier alpha value is -0.930. The fourth-order valence-corrected chi connectivity index (χ4v) is 3.03. The van der Waals surface area contributed by atoms with E-state index in [4.69, 9.17) is 11.6 Å². The normalized spacial score (nSPS) is 12.7. The highest BCUT2D eigenvalue weighted by Crippen LogP contribution is 2.31. The molecule has 2 aromatic rings. The molecule has 0 N–H and O–H groups in total. The molecule has 2 heterocycles. The Morgan fingerprint density at radius 2 is 2.00 bits per heavy atom. The third kappa shape index (κ3) is 2.60. The van der Waals surface area contributed by atoms with Gasteiger partial charge >= 0.3 is 0 Å². The van der Waals surface area contributed by atoms with Crippen molar-refractivity contribution in [2.24, 2.45) is 0 Å². The van der Waals surface area contributed by atoms with Gasteiger partial charge in [0, 0.05) is 17.3 Å². The van der Waals surface area contributed by atoms with Gasteiger partial charge in [-0.15, -0.1) is 22.9 Å². The van der Waals surface area contributed by atoms with E-state index in [1.165, 1.54) is 10.4 Å². The summed E-state index contributed by atoms with van der Waals surface area (Å²) in [5, 5.41) is 1.08. The molecule has 0 aliphatic rings. The predicted molar refractivity (Wildman–Crippen MR) is 68.1 cm³/mol. The van der Waals surface area contributed by atoms with E-state index in [2.05, 4.69) is 9.97 Å². The second-order valence-corrected chi connectivity index (χ2v) is 5.47. The zero-order chi connectivity index (χ0) is 11.5. The summed E-state index contributed by atoms with van der Waals surface area (Å²) < 4.78 is 0. The molecular formula is C12H13ClN2S. The Balaban J connectivity index is 2.14. The Morgan fingerprint density at radius 3 is 2.56 bits per heavy atom. The molecule has 84 valence electrons. The summed E-state index contributed by atoms with van der Waals surface area (Å²) in [5.74, 6) is 0. The molecule has 16 heavy (non-hydrogen) atoms. The molecule has 0 fully saturated rings. The topological polar surface area (TPSA) is 25.8 Å². The second kappa shape index (κ2) is 4.93. The summed E-state index contributed by atoms with van der Waals surface area (Å²) in [6.45, 7) is 4.03. The maximum atomic E-state index is 6.41. The molecule has 2 nitrogen and oxygen atoms in total. The molecule has 0 amide bonds. The Labute approximate surface area is 104 Å². The number of hydrogen-bond acceptors (Lipinski definition) is 3. The first-order valence-electron chi connectivity index (χ1n) is 5.13. The van der Waals surface area contributed by atoms with Crippen LogP contribution in [0.1, 0.15) is 26.5 Å². The van der Waals surface area contributed by atoms with Gasteiger partial charge in [-0.25, -0.2) is 4.98 Å². The van der Waals surface area contributed by atoms with Crippen LogP contribution >= 0.6 is 22.9 Å². The van der Waals surface area contributed by atoms with Gasteiger partial charge in [0.25, 0.3) is 0 Å². The van der Waals surface area contributed by atoms with E-state index in [1.807, 2.05) is 26.0 Å². The number of nitrogens with zero attached hydrogens (tertiary/aromatic N) is 2. The lowest BCUT2D eigenvalue weighted by molar-refractivity contribution is 0.919. The minimum Gasteiger partial charge on any atom is -0.265 e. The lowest BCUT2D eigenvalue weighted by atomic mass is 10.1. The van der Waals surface area contributed by atoms with Crippen LogP contribution in [0.2, 0.25) is 0 Å². The van der Waals surface area contributed by atoms with E-state index in [0.29, 0.717) is 0 Å². The van der Waals surface area contributed by atoms with Crippen LogP contribution < -0.4 is 0 Å². The van der Waals surface area contributed by atoms with Crippen molar-refractivity contribution in [3.05, 3.63) is 45.7 Å². The molecule has 0 bridgehead atoms. The fourth-order valence-electron chi connectivity index (χ4n) is 1.66. The SMILES string of the molecule is Cc1nc(C)c(C(Cl)Cc2ccncc2)s1. The van der Waals surface area contributed by atoms with Gasteiger partial charge < -0.3 is 0 Å². The number of halogens is 1. The standard InChI is InChI=1S/C12H13ClN2S/c1-8-12(16-9(2)15-8)11(13)7-10-3-5-14-6-4-10/h3-6,11H,7H2,1-2H3. The average Bonchev–Trinajstić information content (AvgIpc) is 2.59. The molecule has 1 atom stereocenters. The lowest BCUT2D eigenvalue weighted by Crippen LogP contribution is -1.95. The number of pyridine rings is 1. The van der Waals surface area contributed by atoms with Gasteiger partial charge in [0.15, 0.2) is 0 Å². The van der Waals surface area contributed by atoms with E-state index in [0.717, 1.165) is 17.1 Å². The molecule has 0 saturated carbocycles. The molecule has 0 radical (unpaired) electrons. The summed E-state index contributed by atoms with van der Waals surface area (Å²) in [6, 6.07) is 4.00. The first kappa shape index (κ1) is 11.6. The number of alkyl halides is 1. The third-order valence-corrected chi connectivity index (χ3v) is 4.08. The van der Waals surface area contributed by atoms with Gasteiger partial charge in [-0.2, -0.15) is 0 Å². The molecule has 0 aromatic carbocycles. The highest BCUT2D eigenvalue weighted by atomic mass is 35.5. The molecule has 1 unspecified atom stereocenters. The highest BCUT2D eigenvalue weighted by Gasteiger charge is 2.15. The van der Waals surface area contributed by atoms with E-state index in [9.17, 15) is 0 Å². The van der Waals surface area contributed by atoms with Crippen LogP contribution in [0.5, 0.6) is 0 Å². The predicted octanol–water partition coefficient (Wildman–Crippen LogP) is 3.68. The number of aromatic nitrogens is 2. The van der Waals surface area contributed by atoms with Crippen LogP contribution in [0.25, 0.3) is 0 Å². The summed E-state index contributed by atoms with van der Waals surface area (Å²) in [5.41, 5.74) is 2.26. The van der Waals surface area contributed by atoms with Crippen LogP contribution in [0.15, 0.2) is 24.5 Å². The summed E-state index contributed by atoms with van der Waals surface area (Å²) in [6.07, 6.45) is 4.42. The second-order valence-electron chi connectivity index (χ2n) is 3.71. The minimum atomic E-state index is 0.00796. The average molecular weight is 253 g/mol. The largest absolute Gasteiger partial charge is 0.265 e. The van der Waals surface area contributed by atoms with E-state index >= 15 is 0 Å². The summed E-state index contributed by atoms with van der Waals surface area (Å²) in [7, 11) is 0. The van der Waals surface area contributed by atoms with E-state index < -0.39 is 0 Å². The van der Waals surface area contributed by atoms with Crippen molar-refractivity contribution in [1.29, 1.82) is 0 Å². The first-order valence-corrected chi connectivity index (χ1v) is 6.39. The Morgan fingerprint density at radius 1 is 1.31 bits per heavy atom. The molecule has 0 saturated heterocycles. The molecule has 0 aliphatic heterocycles. The van der Waals surface area contributed by atoms with Crippen molar-refractivity contribution < 1.29 is 0 Å². The molecule has 2 rings (SSSR count). The number of rotatable bonds is 3. The molecule has 4 heteroatoms. The summed E-state index contributed by atoms with van der Waals surface area (Å²) in [4.78, 5) is 9.57. The summed E-state index contributed by atoms with van der Waals surface area (Å²) >= 11 is 8.09. The van der Waals surface area contributed by atoms with Crippen molar-refractivity contribution in [3.63, 3.8) is 0 Å². The van der Waals surface area contributed by atoms with Gasteiger partial charge in [-0.1, -0.05) is 0 Å². The zero-order valence-electron chi connectivity index (χ0n) is 9.27. The highest BCUT2D eigenvalue weighted by molar-refractivity contribution is 7.12. The zero-order valence-corrected chi connectivity index (χ0v) is 10.8. The third-order valence-electron chi connectivity index (χ3n) is 2.39. The van der Waals surface area contributed by atoms with E-state index in [1.54, 1.807) is 23.7 Å². The van der Waals surface area contributed by atoms with E-state index in [-0.39, 0.29) is 5.38 Å². The Bertz CT molecular complexity index is 467. The fraction of sp³-hybridized carbons (Fsp3) is 0.333. The Kier molecular flexibility index (Phi) is 3.56. The monoisotopic (exact) mass is 252 g/mol. The van der Waals surface area contributed by atoms with Crippen LogP contribution in [-0.2, 0) is 6.42 Å². The minimum absolute atomic E-state index is 0.00796. The van der Waals surface area contributed by atoms with Crippen molar-refractivity contribution in [3.8, 4) is 0 Å². The molecule has 2 aromatic heterocycles. The molecule has 0 spiro atoms. The van der Waals surface area contributed by atoms with Crippen molar-refractivity contribution >= 4 is 22.9 Å². The van der Waals surface area contributed by atoms with Gasteiger partial charge in [-0.3, -0.25) is 4.98 Å². The van der Waals surface area contributed by atoms with Crippen molar-refractivity contribution in [1.82, 2.24) is 9.97 Å². The van der Waals surface area contributed by atoms with Crippen molar-refractivity contribution in [2.75, 3.05) is 0 Å². The van der Waals surface area contributed by atoms with Gasteiger partial charge in [0.05, 0.1) is 16.1 Å². The van der Waals surface area contributed by atoms with Crippen LogP contribution in [-0.4, -0.2) is 9.97 Å². The molecular weight excluding hydrogens is 240 g/mol. The molecule has 0 aliphatic carbocycles. The van der Waals surface area contributed by atoms with Gasteiger partial charge in [0.1, 0.15) is 0 Å². The number of aryl methyl sites for hydroxylation is 2. The van der Waals surface area contributed by atoms with Crippen LogP contribution in [0.3, 0.4) is 0 Å². The van der Waals surface area contributed by atoms with Gasteiger partial charge in [-0.05, 0) is 38.0 Å². The quantitative estimate of drug-likeness (QED) is 0.779. The van der Waals surface area contributed by atoms with Gasteiger partial charge in [0.2, 0.25) is 0 Å². The lowest BCUT2D eigenvalue weighted by Gasteiger charge is -2.07. The van der Waals surface area contributed by atoms with Crippen LogP contribution in [0, 0.1) is 13.8 Å². The number of hydrogen-bond donors (Lipinski definition) is 0. The first-order chi connectivity index (χ1) is 7.66. The van der Waals surface area contributed by atoms with Crippen LogP contribution in [0.4, 0.5) is 0 Å². The maximum Gasteiger partial charge on any atom is 0.0900 e.